The van der Waals surface area contributed by atoms with Gasteiger partial charge in [0.2, 0.25) is 0 Å². The lowest BCUT2D eigenvalue weighted by Gasteiger charge is -2.22. The van der Waals surface area contributed by atoms with E-state index in [1.807, 2.05) is 0 Å². The maximum Gasteiger partial charge on any atom is 0.309 e. The first-order valence-corrected chi connectivity index (χ1v) is 5.46. The fourth-order valence-electron chi connectivity index (χ4n) is 1.41. The third kappa shape index (κ3) is 2.94. The molecule has 0 aromatic heterocycles. The van der Waals surface area contributed by atoms with Gasteiger partial charge in [0.1, 0.15) is 6.61 Å². The summed E-state index contributed by atoms with van der Waals surface area (Å²) in [4.78, 5) is 22.3. The van der Waals surface area contributed by atoms with Crippen LogP contribution in [0.25, 0.3) is 0 Å². The van der Waals surface area contributed by atoms with Crippen LogP contribution in [0.1, 0.15) is 32.1 Å². The van der Waals surface area contributed by atoms with Gasteiger partial charge in [-0.15, -0.1) is 0 Å². The number of carbonyl (C=O) groups is 2. The highest BCUT2D eigenvalue weighted by molar-refractivity contribution is 5.75. The smallest absolute Gasteiger partial charge is 0.309 e. The van der Waals surface area contributed by atoms with Crippen LogP contribution >= 0.6 is 0 Å². The first kappa shape index (κ1) is 10.5. The minimum Gasteiger partial charge on any atom is -0.461 e. The first-order valence-electron chi connectivity index (χ1n) is 5.46. The predicted octanol–water partition coefficient (Wildman–Crippen LogP) is 1.44. The van der Waals surface area contributed by atoms with Gasteiger partial charge in [-0.05, 0) is 25.7 Å². The number of esters is 2. The average Bonchev–Trinajstić information content (AvgIpc) is 2.91. The molecule has 0 heterocycles. The largest absolute Gasteiger partial charge is 0.461 e. The van der Waals surface area contributed by atoms with Crippen molar-refractivity contribution in [3.05, 3.63) is 6.61 Å². The molecule has 4 heteroatoms. The van der Waals surface area contributed by atoms with Crippen LogP contribution in [0, 0.1) is 18.4 Å². The van der Waals surface area contributed by atoms with Crippen LogP contribution in [0.15, 0.2) is 0 Å². The summed E-state index contributed by atoms with van der Waals surface area (Å²) in [5.74, 6) is -0.198. The Bertz CT molecular complexity index is 253. The highest BCUT2D eigenvalue weighted by Crippen LogP contribution is 2.30. The summed E-state index contributed by atoms with van der Waals surface area (Å²) in [6.07, 6.45) is 4.82. The van der Waals surface area contributed by atoms with Crippen LogP contribution in [0.3, 0.4) is 0 Å². The highest BCUT2D eigenvalue weighted by atomic mass is 16.6. The van der Waals surface area contributed by atoms with Gasteiger partial charge < -0.3 is 9.47 Å². The molecule has 0 bridgehead atoms. The van der Waals surface area contributed by atoms with Crippen molar-refractivity contribution < 1.29 is 19.1 Å². The molecular weight excluding hydrogens is 196 g/mol. The summed E-state index contributed by atoms with van der Waals surface area (Å²) in [7, 11) is 0. The number of hydrogen-bond acceptors (Lipinski definition) is 4. The molecule has 83 valence electrons. The van der Waals surface area contributed by atoms with Crippen LogP contribution < -0.4 is 0 Å². The maximum absolute atomic E-state index is 11.2. The van der Waals surface area contributed by atoms with Crippen molar-refractivity contribution in [3.63, 3.8) is 0 Å². The normalized spacial score (nSPS) is 20.5. The fraction of sp³-hybridized carbons (Fsp3) is 0.727. The van der Waals surface area contributed by atoms with E-state index in [0.29, 0.717) is 0 Å². The summed E-state index contributed by atoms with van der Waals surface area (Å²) in [6, 6.07) is 0. The van der Waals surface area contributed by atoms with Crippen molar-refractivity contribution in [1.82, 2.24) is 0 Å². The summed E-state index contributed by atoms with van der Waals surface area (Å²) >= 11 is 0. The Balaban J connectivity index is 1.50. The summed E-state index contributed by atoms with van der Waals surface area (Å²) < 4.78 is 9.73. The van der Waals surface area contributed by atoms with E-state index >= 15 is 0 Å². The fourth-order valence-corrected chi connectivity index (χ4v) is 1.41. The quantitative estimate of drug-likeness (QED) is 0.510. The molecule has 0 unspecified atom stereocenters. The van der Waals surface area contributed by atoms with Gasteiger partial charge in [0.15, 0.2) is 6.61 Å². The zero-order valence-corrected chi connectivity index (χ0v) is 8.61. The van der Waals surface area contributed by atoms with E-state index in [0.717, 1.165) is 32.1 Å². The highest BCUT2D eigenvalue weighted by Gasteiger charge is 2.31. The van der Waals surface area contributed by atoms with E-state index < -0.39 is 0 Å². The van der Waals surface area contributed by atoms with Gasteiger partial charge in [-0.25, -0.2) is 0 Å². The molecule has 2 aliphatic rings. The zero-order chi connectivity index (χ0) is 10.7. The molecule has 4 nitrogen and oxygen atoms in total. The Morgan fingerprint density at radius 1 is 1.07 bits per heavy atom. The Labute approximate surface area is 88.9 Å². The summed E-state index contributed by atoms with van der Waals surface area (Å²) in [5, 5.41) is 0. The standard InChI is InChI=1S/C11H15O4/c12-10(8-2-1-3-8)14-6-7-15-11(13)9-4-5-9/h6,8-9H,1-5,7H2. The third-order valence-corrected chi connectivity index (χ3v) is 2.84. The maximum atomic E-state index is 11.2. The van der Waals surface area contributed by atoms with Gasteiger partial charge in [0.25, 0.3) is 0 Å². The molecule has 2 saturated carbocycles. The molecular formula is C11H15O4. The summed E-state index contributed by atoms with van der Waals surface area (Å²) in [5.41, 5.74) is 0. The number of carbonyl (C=O) groups excluding carboxylic acids is 2. The minimum absolute atomic E-state index is 0.0698. The van der Waals surface area contributed by atoms with Crippen LogP contribution in [0.5, 0.6) is 0 Å². The SMILES string of the molecule is O=C(O[CH]COC(=O)C1CC1)C1CCC1. The van der Waals surface area contributed by atoms with Crippen molar-refractivity contribution in [3.8, 4) is 0 Å². The van der Waals surface area contributed by atoms with Gasteiger partial charge in [-0.3, -0.25) is 9.59 Å². The number of ether oxygens (including phenoxy) is 2. The second kappa shape index (κ2) is 4.64. The molecule has 0 aromatic carbocycles. The van der Waals surface area contributed by atoms with Gasteiger partial charge >= 0.3 is 11.9 Å². The first-order chi connectivity index (χ1) is 7.27. The van der Waals surface area contributed by atoms with Crippen LogP contribution in [0.4, 0.5) is 0 Å². The van der Waals surface area contributed by atoms with Gasteiger partial charge in [-0.2, -0.15) is 0 Å². The van der Waals surface area contributed by atoms with E-state index in [1.54, 1.807) is 0 Å². The Morgan fingerprint density at radius 2 is 1.73 bits per heavy atom. The zero-order valence-electron chi connectivity index (χ0n) is 8.61. The molecule has 0 amide bonds. The van der Waals surface area contributed by atoms with Crippen LogP contribution in [0.2, 0.25) is 0 Å². The van der Waals surface area contributed by atoms with E-state index in [9.17, 15) is 9.59 Å². The predicted molar refractivity (Wildman–Crippen MR) is 51.4 cm³/mol. The lowest BCUT2D eigenvalue weighted by Crippen LogP contribution is -2.24. The van der Waals surface area contributed by atoms with Crippen molar-refractivity contribution in [2.75, 3.05) is 6.61 Å². The molecule has 0 aromatic rings. The monoisotopic (exact) mass is 211 g/mol. The molecule has 1 radical (unpaired) electrons. The lowest BCUT2D eigenvalue weighted by molar-refractivity contribution is -0.153. The third-order valence-electron chi connectivity index (χ3n) is 2.84. The van der Waals surface area contributed by atoms with E-state index in [4.69, 9.17) is 9.47 Å². The molecule has 15 heavy (non-hydrogen) atoms. The molecule has 0 saturated heterocycles. The van der Waals surface area contributed by atoms with Gasteiger partial charge in [0, 0.05) is 0 Å². The van der Waals surface area contributed by atoms with Gasteiger partial charge in [0.05, 0.1) is 11.8 Å². The lowest BCUT2D eigenvalue weighted by atomic mass is 9.86. The molecule has 2 aliphatic carbocycles. The molecule has 0 spiro atoms. The topological polar surface area (TPSA) is 52.6 Å². The Morgan fingerprint density at radius 3 is 2.27 bits per heavy atom. The second-order valence-electron chi connectivity index (χ2n) is 4.14. The van der Waals surface area contributed by atoms with E-state index in [2.05, 4.69) is 0 Å². The summed E-state index contributed by atoms with van der Waals surface area (Å²) in [6.45, 7) is 1.36. The molecule has 0 N–H and O–H groups in total. The van der Waals surface area contributed by atoms with Gasteiger partial charge in [-0.1, -0.05) is 6.42 Å². The van der Waals surface area contributed by atoms with Crippen molar-refractivity contribution in [1.29, 1.82) is 0 Å². The van der Waals surface area contributed by atoms with Crippen molar-refractivity contribution >= 4 is 11.9 Å². The van der Waals surface area contributed by atoms with E-state index in [1.165, 1.54) is 6.61 Å². The Kier molecular flexibility index (Phi) is 3.23. The number of hydrogen-bond donors (Lipinski definition) is 0. The van der Waals surface area contributed by atoms with Crippen molar-refractivity contribution in [2.45, 2.75) is 32.1 Å². The van der Waals surface area contributed by atoms with Crippen molar-refractivity contribution in [2.24, 2.45) is 11.8 Å². The molecule has 2 rings (SSSR count). The molecule has 0 aliphatic heterocycles. The Hall–Kier alpha value is -1.06. The van der Waals surface area contributed by atoms with E-state index in [-0.39, 0.29) is 30.4 Å². The average molecular weight is 211 g/mol. The van der Waals surface area contributed by atoms with Crippen LogP contribution in [-0.4, -0.2) is 18.5 Å². The molecule has 2 fully saturated rings. The minimum atomic E-state index is -0.191. The van der Waals surface area contributed by atoms with Crippen LogP contribution in [-0.2, 0) is 19.1 Å². The molecule has 0 atom stereocenters. The number of rotatable bonds is 5. The second-order valence-corrected chi connectivity index (χ2v) is 4.14.